The van der Waals surface area contributed by atoms with Gasteiger partial charge in [0.1, 0.15) is 0 Å². The molecule has 0 heteroatoms. The molecule has 0 spiro atoms. The summed E-state index contributed by atoms with van der Waals surface area (Å²) in [5.41, 5.74) is 5.63. The Morgan fingerprint density at radius 2 is 1.93 bits per heavy atom. The minimum Gasteiger partial charge on any atom is -0.0955 e. The SMILES string of the molecule is C=C1CC(C)(C)C2=C1C(C)(CC)CCC2. The smallest absolute Gasteiger partial charge is 0.00755 e. The third-order valence-electron chi connectivity index (χ3n) is 4.67. The van der Waals surface area contributed by atoms with E-state index in [0.717, 1.165) is 0 Å². The molecule has 0 aromatic carbocycles. The predicted octanol–water partition coefficient (Wildman–Crippen LogP) is 4.87. The van der Waals surface area contributed by atoms with Crippen molar-refractivity contribution in [3.63, 3.8) is 0 Å². The van der Waals surface area contributed by atoms with Gasteiger partial charge in [0.2, 0.25) is 0 Å². The van der Waals surface area contributed by atoms with Crippen LogP contribution in [0.2, 0.25) is 0 Å². The average molecular weight is 204 g/mol. The first-order valence-corrected chi connectivity index (χ1v) is 6.33. The van der Waals surface area contributed by atoms with Crippen LogP contribution in [-0.2, 0) is 0 Å². The van der Waals surface area contributed by atoms with Crippen molar-refractivity contribution in [3.8, 4) is 0 Å². The van der Waals surface area contributed by atoms with Crippen molar-refractivity contribution in [2.75, 3.05) is 0 Å². The summed E-state index contributed by atoms with van der Waals surface area (Å²) in [7, 11) is 0. The lowest BCUT2D eigenvalue weighted by Gasteiger charge is -2.37. The van der Waals surface area contributed by atoms with Crippen LogP contribution in [0.1, 0.15) is 59.8 Å². The maximum Gasteiger partial charge on any atom is -0.00755 e. The molecule has 0 amide bonds. The molecule has 0 radical (unpaired) electrons. The van der Waals surface area contributed by atoms with Crippen molar-refractivity contribution in [1.82, 2.24) is 0 Å². The van der Waals surface area contributed by atoms with Crippen molar-refractivity contribution in [3.05, 3.63) is 23.3 Å². The Balaban J connectivity index is 2.52. The summed E-state index contributed by atoms with van der Waals surface area (Å²) in [6, 6.07) is 0. The van der Waals surface area contributed by atoms with E-state index in [9.17, 15) is 0 Å². The minimum absolute atomic E-state index is 0.392. The molecule has 2 rings (SSSR count). The van der Waals surface area contributed by atoms with Gasteiger partial charge >= 0.3 is 0 Å². The molecular weight excluding hydrogens is 180 g/mol. The Bertz CT molecular complexity index is 330. The summed E-state index contributed by atoms with van der Waals surface area (Å²) < 4.78 is 0. The molecule has 0 nitrogen and oxygen atoms in total. The lowest BCUT2D eigenvalue weighted by molar-refractivity contribution is 0.315. The van der Waals surface area contributed by atoms with Crippen LogP contribution in [0.25, 0.3) is 0 Å². The van der Waals surface area contributed by atoms with E-state index in [1.54, 1.807) is 11.1 Å². The number of hydrogen-bond donors (Lipinski definition) is 0. The van der Waals surface area contributed by atoms with Gasteiger partial charge in [-0.25, -0.2) is 0 Å². The van der Waals surface area contributed by atoms with Gasteiger partial charge in [0, 0.05) is 0 Å². The van der Waals surface area contributed by atoms with E-state index in [0.29, 0.717) is 10.8 Å². The molecule has 0 saturated carbocycles. The van der Waals surface area contributed by atoms with E-state index in [1.165, 1.54) is 37.7 Å². The maximum absolute atomic E-state index is 4.32. The molecule has 0 fully saturated rings. The topological polar surface area (TPSA) is 0 Å². The Kier molecular flexibility index (Phi) is 2.37. The fourth-order valence-electron chi connectivity index (χ4n) is 3.67. The molecule has 1 unspecified atom stereocenters. The first kappa shape index (κ1) is 11.0. The second-order valence-electron chi connectivity index (χ2n) is 6.29. The first-order chi connectivity index (χ1) is 6.91. The number of allylic oxidation sites excluding steroid dienone is 3. The molecule has 0 aromatic heterocycles. The van der Waals surface area contributed by atoms with Crippen LogP contribution in [-0.4, -0.2) is 0 Å². The summed E-state index contributed by atoms with van der Waals surface area (Å²) in [5.74, 6) is 0. The molecule has 0 N–H and O–H groups in total. The Morgan fingerprint density at radius 3 is 2.53 bits per heavy atom. The normalized spacial score (nSPS) is 34.5. The Hall–Kier alpha value is -0.520. The van der Waals surface area contributed by atoms with Gasteiger partial charge in [-0.05, 0) is 48.5 Å². The lowest BCUT2D eigenvalue weighted by Crippen LogP contribution is -2.24. The van der Waals surface area contributed by atoms with Gasteiger partial charge in [0.05, 0.1) is 0 Å². The van der Waals surface area contributed by atoms with Crippen LogP contribution in [0.5, 0.6) is 0 Å². The first-order valence-electron chi connectivity index (χ1n) is 6.33. The molecule has 15 heavy (non-hydrogen) atoms. The molecule has 0 bridgehead atoms. The fourth-order valence-corrected chi connectivity index (χ4v) is 3.67. The van der Waals surface area contributed by atoms with Gasteiger partial charge in [0.25, 0.3) is 0 Å². The molecule has 0 heterocycles. The highest BCUT2D eigenvalue weighted by atomic mass is 14.5. The van der Waals surface area contributed by atoms with Gasteiger partial charge in [-0.3, -0.25) is 0 Å². The van der Waals surface area contributed by atoms with Gasteiger partial charge in [-0.1, -0.05) is 45.4 Å². The summed E-state index contributed by atoms with van der Waals surface area (Å²) in [5, 5.41) is 0. The molecule has 2 aliphatic rings. The van der Waals surface area contributed by atoms with Crippen LogP contribution in [0.3, 0.4) is 0 Å². The van der Waals surface area contributed by atoms with Crippen molar-refractivity contribution in [2.45, 2.75) is 59.8 Å². The molecule has 0 aliphatic heterocycles. The van der Waals surface area contributed by atoms with Crippen LogP contribution in [0, 0.1) is 10.8 Å². The Morgan fingerprint density at radius 1 is 1.27 bits per heavy atom. The van der Waals surface area contributed by atoms with Crippen LogP contribution < -0.4 is 0 Å². The largest absolute Gasteiger partial charge is 0.0955 e. The highest BCUT2D eigenvalue weighted by Crippen LogP contribution is 2.57. The summed E-state index contributed by atoms with van der Waals surface area (Å²) in [6.45, 7) is 13.9. The molecule has 0 aromatic rings. The zero-order valence-corrected chi connectivity index (χ0v) is 10.7. The van der Waals surface area contributed by atoms with E-state index in [2.05, 4.69) is 34.3 Å². The van der Waals surface area contributed by atoms with Crippen molar-refractivity contribution in [1.29, 1.82) is 0 Å². The van der Waals surface area contributed by atoms with E-state index < -0.39 is 0 Å². The quantitative estimate of drug-likeness (QED) is 0.571. The second-order valence-corrected chi connectivity index (χ2v) is 6.29. The lowest BCUT2D eigenvalue weighted by atomic mass is 9.67. The van der Waals surface area contributed by atoms with E-state index in [4.69, 9.17) is 0 Å². The van der Waals surface area contributed by atoms with Crippen LogP contribution in [0.4, 0.5) is 0 Å². The van der Waals surface area contributed by atoms with E-state index in [-0.39, 0.29) is 0 Å². The van der Waals surface area contributed by atoms with Gasteiger partial charge < -0.3 is 0 Å². The molecule has 1 atom stereocenters. The zero-order valence-electron chi connectivity index (χ0n) is 10.7. The Labute approximate surface area is 94.5 Å². The van der Waals surface area contributed by atoms with Crippen molar-refractivity contribution in [2.24, 2.45) is 10.8 Å². The third kappa shape index (κ3) is 1.49. The highest BCUT2D eigenvalue weighted by molar-refractivity contribution is 5.48. The standard InChI is InChI=1S/C15H24/c1-6-15(5)9-7-8-12-13(15)11(2)10-14(12,3)4/h2,6-10H2,1,3-5H3. The van der Waals surface area contributed by atoms with Crippen molar-refractivity contribution < 1.29 is 0 Å². The number of hydrogen-bond acceptors (Lipinski definition) is 0. The number of rotatable bonds is 1. The second kappa shape index (κ2) is 3.23. The van der Waals surface area contributed by atoms with Crippen molar-refractivity contribution >= 4 is 0 Å². The molecular formula is C15H24. The molecule has 84 valence electrons. The monoisotopic (exact) mass is 204 g/mol. The van der Waals surface area contributed by atoms with Gasteiger partial charge in [-0.2, -0.15) is 0 Å². The fraction of sp³-hybridized carbons (Fsp3) is 0.733. The minimum atomic E-state index is 0.392. The molecule has 0 saturated heterocycles. The van der Waals surface area contributed by atoms with Crippen LogP contribution in [0.15, 0.2) is 23.3 Å². The highest BCUT2D eigenvalue weighted by Gasteiger charge is 2.43. The predicted molar refractivity (Wildman–Crippen MR) is 66.8 cm³/mol. The zero-order chi connectivity index (χ0) is 11.3. The molecule has 2 aliphatic carbocycles. The van der Waals surface area contributed by atoms with E-state index in [1.807, 2.05) is 0 Å². The third-order valence-corrected chi connectivity index (χ3v) is 4.67. The average Bonchev–Trinajstić information content (AvgIpc) is 2.39. The van der Waals surface area contributed by atoms with Gasteiger partial charge in [0.15, 0.2) is 0 Å². The maximum atomic E-state index is 4.32. The summed E-state index contributed by atoms with van der Waals surface area (Å²) in [6.07, 6.45) is 6.50. The van der Waals surface area contributed by atoms with E-state index >= 15 is 0 Å². The summed E-state index contributed by atoms with van der Waals surface area (Å²) in [4.78, 5) is 0. The van der Waals surface area contributed by atoms with Gasteiger partial charge in [-0.15, -0.1) is 0 Å². The van der Waals surface area contributed by atoms with Crippen LogP contribution >= 0.6 is 0 Å². The summed E-state index contributed by atoms with van der Waals surface area (Å²) >= 11 is 0.